The van der Waals surface area contributed by atoms with Crippen LogP contribution >= 0.6 is 15.9 Å². The Bertz CT molecular complexity index is 317. The van der Waals surface area contributed by atoms with Crippen molar-refractivity contribution in [3.8, 4) is 0 Å². The fourth-order valence-corrected chi connectivity index (χ4v) is 1.43. The summed E-state index contributed by atoms with van der Waals surface area (Å²) in [6.07, 6.45) is 0. The minimum absolute atomic E-state index is 0.246. The van der Waals surface area contributed by atoms with Gasteiger partial charge in [-0.15, -0.1) is 0 Å². The molecular formula is C12H15BrO2. The zero-order valence-corrected chi connectivity index (χ0v) is 10.6. The van der Waals surface area contributed by atoms with Gasteiger partial charge in [0.15, 0.2) is 0 Å². The van der Waals surface area contributed by atoms with Gasteiger partial charge in [0.05, 0.1) is 12.2 Å². The lowest BCUT2D eigenvalue weighted by molar-refractivity contribution is 0.0459. The van der Waals surface area contributed by atoms with Crippen LogP contribution < -0.4 is 0 Å². The van der Waals surface area contributed by atoms with E-state index in [-0.39, 0.29) is 5.97 Å². The summed E-state index contributed by atoms with van der Waals surface area (Å²) in [5, 5.41) is 0.800. The molecule has 1 rings (SSSR count). The van der Waals surface area contributed by atoms with Crippen molar-refractivity contribution in [3.05, 3.63) is 35.4 Å². The molecule has 0 bridgehead atoms. The number of ether oxygens (including phenoxy) is 1. The van der Waals surface area contributed by atoms with Gasteiger partial charge in [0.1, 0.15) is 0 Å². The first-order valence-electron chi connectivity index (χ1n) is 4.95. The Labute approximate surface area is 98.8 Å². The number of hydrogen-bond acceptors (Lipinski definition) is 2. The van der Waals surface area contributed by atoms with E-state index in [1.807, 2.05) is 26.0 Å². The molecule has 0 saturated carbocycles. The van der Waals surface area contributed by atoms with Crippen molar-refractivity contribution in [3.63, 3.8) is 0 Å². The van der Waals surface area contributed by atoms with Gasteiger partial charge in [-0.25, -0.2) is 4.79 Å². The van der Waals surface area contributed by atoms with Gasteiger partial charge >= 0.3 is 5.97 Å². The topological polar surface area (TPSA) is 26.3 Å². The van der Waals surface area contributed by atoms with E-state index >= 15 is 0 Å². The summed E-state index contributed by atoms with van der Waals surface area (Å²) in [6.45, 7) is 4.50. The fraction of sp³-hybridized carbons (Fsp3) is 0.417. The van der Waals surface area contributed by atoms with Crippen molar-refractivity contribution in [2.75, 3.05) is 6.61 Å². The molecule has 0 amide bonds. The highest BCUT2D eigenvalue weighted by molar-refractivity contribution is 9.08. The molecule has 0 radical (unpaired) electrons. The Morgan fingerprint density at radius 3 is 2.40 bits per heavy atom. The lowest BCUT2D eigenvalue weighted by atomic mass is 10.1. The Morgan fingerprint density at radius 1 is 1.33 bits per heavy atom. The maximum absolute atomic E-state index is 11.5. The first-order valence-corrected chi connectivity index (χ1v) is 6.07. The first kappa shape index (κ1) is 12.2. The number of hydrogen-bond donors (Lipinski definition) is 0. The largest absolute Gasteiger partial charge is 0.462 e. The summed E-state index contributed by atoms with van der Waals surface area (Å²) in [5.74, 6) is 0.126. The summed E-state index contributed by atoms with van der Waals surface area (Å²) >= 11 is 3.35. The van der Waals surface area contributed by atoms with Crippen LogP contribution in [-0.2, 0) is 10.1 Å². The van der Waals surface area contributed by atoms with Gasteiger partial charge in [0.25, 0.3) is 0 Å². The van der Waals surface area contributed by atoms with Gasteiger partial charge in [-0.3, -0.25) is 0 Å². The molecule has 0 heterocycles. The number of benzene rings is 1. The number of rotatable bonds is 4. The van der Waals surface area contributed by atoms with E-state index in [0.717, 1.165) is 10.9 Å². The second-order valence-corrected chi connectivity index (χ2v) is 4.38. The van der Waals surface area contributed by atoms with Crippen LogP contribution in [0.4, 0.5) is 0 Å². The van der Waals surface area contributed by atoms with Crippen molar-refractivity contribution in [1.29, 1.82) is 0 Å². The monoisotopic (exact) mass is 270 g/mol. The second kappa shape index (κ2) is 5.91. The van der Waals surface area contributed by atoms with Crippen molar-refractivity contribution in [2.45, 2.75) is 19.2 Å². The number of alkyl halides is 1. The fourth-order valence-electron chi connectivity index (χ4n) is 1.06. The van der Waals surface area contributed by atoms with Crippen LogP contribution in [0.3, 0.4) is 0 Å². The van der Waals surface area contributed by atoms with Crippen LogP contribution in [0.5, 0.6) is 0 Å². The van der Waals surface area contributed by atoms with E-state index in [1.54, 1.807) is 12.1 Å². The van der Waals surface area contributed by atoms with Gasteiger partial charge in [-0.1, -0.05) is 41.9 Å². The molecule has 1 aromatic carbocycles. The maximum Gasteiger partial charge on any atom is 0.338 e. The zero-order valence-electron chi connectivity index (χ0n) is 9.00. The van der Waals surface area contributed by atoms with E-state index in [2.05, 4.69) is 15.9 Å². The SMILES string of the molecule is CC(C)COC(=O)c1ccc(CBr)cc1. The molecule has 0 aliphatic carbocycles. The highest BCUT2D eigenvalue weighted by Crippen LogP contribution is 2.09. The highest BCUT2D eigenvalue weighted by Gasteiger charge is 2.07. The van der Waals surface area contributed by atoms with Crippen molar-refractivity contribution in [1.82, 2.24) is 0 Å². The molecule has 15 heavy (non-hydrogen) atoms. The maximum atomic E-state index is 11.5. The smallest absolute Gasteiger partial charge is 0.338 e. The Kier molecular flexibility index (Phi) is 4.82. The zero-order chi connectivity index (χ0) is 11.3. The number of halogens is 1. The average Bonchev–Trinajstić information content (AvgIpc) is 2.26. The molecule has 0 spiro atoms. The van der Waals surface area contributed by atoms with E-state index in [1.165, 1.54) is 0 Å². The predicted octanol–water partition coefficient (Wildman–Crippen LogP) is 3.39. The molecule has 0 saturated heterocycles. The van der Waals surface area contributed by atoms with Gasteiger partial charge < -0.3 is 4.74 Å². The summed E-state index contributed by atoms with van der Waals surface area (Å²) in [5.41, 5.74) is 1.76. The number of carbonyl (C=O) groups excluding carboxylic acids is 1. The second-order valence-electron chi connectivity index (χ2n) is 3.82. The number of esters is 1. The summed E-state index contributed by atoms with van der Waals surface area (Å²) in [6, 6.07) is 7.42. The Morgan fingerprint density at radius 2 is 1.93 bits per heavy atom. The standard InChI is InChI=1S/C12H15BrO2/c1-9(2)8-15-12(14)11-5-3-10(7-13)4-6-11/h3-6,9H,7-8H2,1-2H3. The third-order valence-electron chi connectivity index (χ3n) is 1.89. The molecular weight excluding hydrogens is 256 g/mol. The van der Waals surface area contributed by atoms with Crippen LogP contribution in [0, 0.1) is 5.92 Å². The van der Waals surface area contributed by atoms with Crippen LogP contribution in [0.25, 0.3) is 0 Å². The lowest BCUT2D eigenvalue weighted by Gasteiger charge is -2.07. The van der Waals surface area contributed by atoms with E-state index in [4.69, 9.17) is 4.74 Å². The average molecular weight is 271 g/mol. The first-order chi connectivity index (χ1) is 7.13. The molecule has 1 aromatic rings. The normalized spacial score (nSPS) is 10.4. The van der Waals surface area contributed by atoms with Crippen molar-refractivity contribution >= 4 is 21.9 Å². The van der Waals surface area contributed by atoms with Crippen LogP contribution in [-0.4, -0.2) is 12.6 Å². The molecule has 82 valence electrons. The van der Waals surface area contributed by atoms with Crippen molar-refractivity contribution in [2.24, 2.45) is 5.92 Å². The molecule has 2 nitrogen and oxygen atoms in total. The Hall–Kier alpha value is -0.830. The minimum atomic E-state index is -0.246. The summed E-state index contributed by atoms with van der Waals surface area (Å²) < 4.78 is 5.11. The highest BCUT2D eigenvalue weighted by atomic mass is 79.9. The molecule has 0 atom stereocenters. The van der Waals surface area contributed by atoms with E-state index in [9.17, 15) is 4.79 Å². The Balaban J connectivity index is 2.58. The molecule has 0 fully saturated rings. The van der Waals surface area contributed by atoms with Gasteiger partial charge in [-0.05, 0) is 23.6 Å². The van der Waals surface area contributed by atoms with E-state index < -0.39 is 0 Å². The quantitative estimate of drug-likeness (QED) is 0.619. The van der Waals surface area contributed by atoms with Crippen LogP contribution in [0.2, 0.25) is 0 Å². The molecule has 0 aromatic heterocycles. The molecule has 0 N–H and O–H groups in total. The van der Waals surface area contributed by atoms with E-state index in [0.29, 0.717) is 18.1 Å². The molecule has 3 heteroatoms. The molecule has 0 aliphatic rings. The van der Waals surface area contributed by atoms with Gasteiger partial charge in [-0.2, -0.15) is 0 Å². The summed E-state index contributed by atoms with van der Waals surface area (Å²) in [4.78, 5) is 11.5. The van der Waals surface area contributed by atoms with Crippen LogP contribution in [0.1, 0.15) is 29.8 Å². The predicted molar refractivity (Wildman–Crippen MR) is 64.2 cm³/mol. The van der Waals surface area contributed by atoms with Gasteiger partial charge in [0.2, 0.25) is 0 Å². The minimum Gasteiger partial charge on any atom is -0.462 e. The molecule has 0 aliphatic heterocycles. The third kappa shape index (κ3) is 4.04. The third-order valence-corrected chi connectivity index (χ3v) is 2.54. The molecule has 0 unspecified atom stereocenters. The lowest BCUT2D eigenvalue weighted by Crippen LogP contribution is -2.10. The number of carbonyl (C=O) groups is 1. The van der Waals surface area contributed by atoms with Gasteiger partial charge in [0, 0.05) is 5.33 Å². The summed E-state index contributed by atoms with van der Waals surface area (Å²) in [7, 11) is 0. The van der Waals surface area contributed by atoms with Crippen molar-refractivity contribution < 1.29 is 9.53 Å². The van der Waals surface area contributed by atoms with Crippen LogP contribution in [0.15, 0.2) is 24.3 Å².